The van der Waals surface area contributed by atoms with Crippen molar-refractivity contribution < 1.29 is 0 Å². The van der Waals surface area contributed by atoms with Crippen LogP contribution in [0.2, 0.25) is 11.1 Å². The van der Waals surface area contributed by atoms with Crippen molar-refractivity contribution in [3.05, 3.63) is 0 Å². The molecule has 0 saturated heterocycles. The largest absolute Gasteiger partial charge is 0.121 e. The van der Waals surface area contributed by atoms with Gasteiger partial charge in [-0.15, -0.1) is 0 Å². The molecular weight excluding hydrogens is 227 g/mol. The Hall–Kier alpha value is 0.0649. The van der Waals surface area contributed by atoms with Crippen LogP contribution in [0.3, 0.4) is 0 Å². The molecule has 1 aliphatic carbocycles. The quantitative estimate of drug-likeness (QED) is 0.269. The van der Waals surface area contributed by atoms with Gasteiger partial charge in [0.25, 0.3) is 0 Å². The number of rotatable bonds is 12. The summed E-state index contributed by atoms with van der Waals surface area (Å²) in [6.07, 6.45) is 18.7. The predicted molar refractivity (Wildman–Crippen MR) is 89.2 cm³/mol. The Bertz CT molecular complexity index is 196. The zero-order valence-corrected chi connectivity index (χ0v) is 13.8. The van der Waals surface area contributed by atoms with Gasteiger partial charge in [-0.25, -0.2) is 0 Å². The molecule has 1 heteroatoms. The van der Waals surface area contributed by atoms with Crippen molar-refractivity contribution in [1.29, 1.82) is 0 Å². The molecule has 0 spiro atoms. The van der Waals surface area contributed by atoms with Crippen molar-refractivity contribution in [2.24, 2.45) is 0 Å². The van der Waals surface area contributed by atoms with E-state index in [0.717, 1.165) is 5.82 Å². The van der Waals surface area contributed by atoms with Crippen molar-refractivity contribution in [2.45, 2.75) is 115 Å². The third-order valence-electron chi connectivity index (χ3n) is 4.99. The lowest BCUT2D eigenvalue weighted by molar-refractivity contribution is 0.423. The fourth-order valence-electron chi connectivity index (χ4n) is 3.38. The molecule has 0 aromatic carbocycles. The lowest BCUT2D eigenvalue weighted by atomic mass is 9.40. The van der Waals surface area contributed by atoms with Gasteiger partial charge in [-0.1, -0.05) is 115 Å². The first-order valence-corrected chi connectivity index (χ1v) is 9.06. The summed E-state index contributed by atoms with van der Waals surface area (Å²) in [5.74, 6) is 0.961. The van der Waals surface area contributed by atoms with Crippen LogP contribution in [0, 0.1) is 0 Å². The van der Waals surface area contributed by atoms with E-state index in [1.54, 1.807) is 0 Å². The molecule has 1 radical (unpaired) electrons. The highest BCUT2D eigenvalue weighted by atomic mass is 14.2. The van der Waals surface area contributed by atoms with Crippen molar-refractivity contribution >= 4 is 7.28 Å². The first-order chi connectivity index (χ1) is 9.20. The van der Waals surface area contributed by atoms with Gasteiger partial charge in [-0.05, 0) is 0 Å². The summed E-state index contributed by atoms with van der Waals surface area (Å²) in [6, 6.07) is 0. The van der Waals surface area contributed by atoms with E-state index in [2.05, 4.69) is 28.1 Å². The molecule has 1 fully saturated rings. The molecule has 1 saturated carbocycles. The van der Waals surface area contributed by atoms with Crippen molar-refractivity contribution in [2.75, 3.05) is 0 Å². The Morgan fingerprint density at radius 2 is 1.37 bits per heavy atom. The maximum absolute atomic E-state index is 2.76. The maximum Gasteiger partial charge on any atom is 0.121 e. The van der Waals surface area contributed by atoms with Crippen LogP contribution >= 0.6 is 0 Å². The standard InChI is InChI=1S/C18H36B/c1-4-6-8-10-15-18(3,16-11-9-7-5-2)19-17-13-12-14-17/h17H,4-16H2,1-3H3. The second-order valence-corrected chi connectivity index (χ2v) is 7.13. The minimum absolute atomic E-state index is 0.548. The van der Waals surface area contributed by atoms with Crippen LogP contribution < -0.4 is 0 Å². The highest BCUT2D eigenvalue weighted by molar-refractivity contribution is 6.42. The first kappa shape index (κ1) is 17.1. The van der Waals surface area contributed by atoms with Crippen LogP contribution in [0.25, 0.3) is 0 Å². The van der Waals surface area contributed by atoms with E-state index in [0.29, 0.717) is 5.31 Å². The average molecular weight is 263 g/mol. The monoisotopic (exact) mass is 263 g/mol. The van der Waals surface area contributed by atoms with Gasteiger partial charge in [-0.2, -0.15) is 0 Å². The van der Waals surface area contributed by atoms with Crippen LogP contribution in [0.5, 0.6) is 0 Å². The van der Waals surface area contributed by atoms with Gasteiger partial charge in [-0.3, -0.25) is 0 Å². The summed E-state index contributed by atoms with van der Waals surface area (Å²) >= 11 is 0. The van der Waals surface area contributed by atoms with E-state index < -0.39 is 0 Å². The summed E-state index contributed by atoms with van der Waals surface area (Å²) in [5.41, 5.74) is 0. The number of hydrogen-bond donors (Lipinski definition) is 0. The van der Waals surface area contributed by atoms with Gasteiger partial charge in [0, 0.05) is 0 Å². The zero-order chi connectivity index (χ0) is 14.0. The smallest absolute Gasteiger partial charge is 0.0682 e. The van der Waals surface area contributed by atoms with E-state index in [4.69, 9.17) is 0 Å². The zero-order valence-electron chi connectivity index (χ0n) is 13.8. The summed E-state index contributed by atoms with van der Waals surface area (Å²) in [6.45, 7) is 7.16. The molecule has 1 rings (SSSR count). The molecule has 111 valence electrons. The summed E-state index contributed by atoms with van der Waals surface area (Å²) < 4.78 is 0. The van der Waals surface area contributed by atoms with E-state index in [1.165, 1.54) is 83.5 Å². The Morgan fingerprint density at radius 1 is 0.842 bits per heavy atom. The Kier molecular flexibility index (Phi) is 8.91. The fourth-order valence-corrected chi connectivity index (χ4v) is 3.38. The molecule has 19 heavy (non-hydrogen) atoms. The molecule has 0 unspecified atom stereocenters. The second-order valence-electron chi connectivity index (χ2n) is 7.13. The van der Waals surface area contributed by atoms with Gasteiger partial charge in [0.2, 0.25) is 0 Å². The maximum atomic E-state index is 2.76. The van der Waals surface area contributed by atoms with E-state index in [9.17, 15) is 0 Å². The highest BCUT2D eigenvalue weighted by Crippen LogP contribution is 2.45. The lowest BCUT2D eigenvalue weighted by Gasteiger charge is -2.36. The van der Waals surface area contributed by atoms with Crippen LogP contribution in [-0.4, -0.2) is 7.28 Å². The molecule has 0 nitrogen and oxygen atoms in total. The second kappa shape index (κ2) is 9.89. The van der Waals surface area contributed by atoms with Crippen LogP contribution in [0.1, 0.15) is 104 Å². The first-order valence-electron chi connectivity index (χ1n) is 9.06. The molecule has 1 aliphatic rings. The van der Waals surface area contributed by atoms with Crippen LogP contribution in [-0.2, 0) is 0 Å². The third kappa shape index (κ3) is 7.42. The highest BCUT2D eigenvalue weighted by Gasteiger charge is 2.31. The Labute approximate surface area is 123 Å². The molecule has 0 N–H and O–H groups in total. The lowest BCUT2D eigenvalue weighted by Crippen LogP contribution is -2.25. The minimum atomic E-state index is 0.548. The van der Waals surface area contributed by atoms with Gasteiger partial charge < -0.3 is 0 Å². The topological polar surface area (TPSA) is 0 Å². The number of unbranched alkanes of at least 4 members (excludes halogenated alkanes) is 6. The van der Waals surface area contributed by atoms with Crippen molar-refractivity contribution in [3.63, 3.8) is 0 Å². The average Bonchev–Trinajstić information content (AvgIpc) is 2.36. The third-order valence-corrected chi connectivity index (χ3v) is 4.99. The minimum Gasteiger partial charge on any atom is -0.0682 e. The van der Waals surface area contributed by atoms with Gasteiger partial charge in [0.15, 0.2) is 0 Å². The predicted octanol–water partition coefficient (Wildman–Crippen LogP) is 6.78. The van der Waals surface area contributed by atoms with Gasteiger partial charge in [0.05, 0.1) is 0 Å². The molecule has 0 atom stereocenters. The van der Waals surface area contributed by atoms with E-state index in [-0.39, 0.29) is 0 Å². The van der Waals surface area contributed by atoms with Gasteiger partial charge in [0.1, 0.15) is 7.28 Å². The Morgan fingerprint density at radius 3 is 1.74 bits per heavy atom. The molecule has 0 heterocycles. The molecule has 0 bridgehead atoms. The summed E-state index contributed by atoms with van der Waals surface area (Å²) in [4.78, 5) is 0. The SMILES string of the molecule is CCCCCCC(C)([B]C1CCC1)CCCCCC. The molecule has 0 aliphatic heterocycles. The molecule has 0 aromatic rings. The molecule has 0 amide bonds. The molecular formula is C18H36B. The van der Waals surface area contributed by atoms with Crippen LogP contribution in [0.15, 0.2) is 0 Å². The normalized spacial score (nSPS) is 16.4. The fraction of sp³-hybridized carbons (Fsp3) is 1.00. The Balaban J connectivity index is 2.27. The van der Waals surface area contributed by atoms with Crippen molar-refractivity contribution in [1.82, 2.24) is 0 Å². The molecule has 0 aromatic heterocycles. The summed E-state index contributed by atoms with van der Waals surface area (Å²) in [5, 5.41) is 0.548. The number of hydrogen-bond acceptors (Lipinski definition) is 0. The van der Waals surface area contributed by atoms with Crippen LogP contribution in [0.4, 0.5) is 0 Å². The van der Waals surface area contributed by atoms with E-state index >= 15 is 0 Å². The summed E-state index contributed by atoms with van der Waals surface area (Å²) in [7, 11) is 2.76. The van der Waals surface area contributed by atoms with Crippen molar-refractivity contribution in [3.8, 4) is 0 Å². The van der Waals surface area contributed by atoms with Gasteiger partial charge >= 0.3 is 0 Å². The van der Waals surface area contributed by atoms with E-state index in [1.807, 2.05) is 0 Å².